The molecule has 4 nitrogen and oxygen atoms in total. The largest absolute Gasteiger partial charge is 0.384 e. The van der Waals surface area contributed by atoms with Gasteiger partial charge in [-0.2, -0.15) is 0 Å². The smallest absolute Gasteiger partial charge is 0.122 e. The normalized spacial score (nSPS) is 20.0. The van der Waals surface area contributed by atoms with Crippen LogP contribution >= 0.6 is 0 Å². The second-order valence-electron chi connectivity index (χ2n) is 5.99. The van der Waals surface area contributed by atoms with Crippen LogP contribution in [0.15, 0.2) is 48.3 Å². The van der Waals surface area contributed by atoms with Crippen molar-refractivity contribution in [2.45, 2.75) is 32.4 Å². The Kier molecular flexibility index (Phi) is 4.18. The van der Waals surface area contributed by atoms with E-state index in [-0.39, 0.29) is 5.84 Å². The van der Waals surface area contributed by atoms with Crippen LogP contribution in [0.4, 0.5) is 0 Å². The molecule has 2 aliphatic heterocycles. The Morgan fingerprint density at radius 2 is 2.05 bits per heavy atom. The van der Waals surface area contributed by atoms with E-state index in [0.717, 1.165) is 25.2 Å². The predicted molar refractivity (Wildman–Crippen MR) is 90.5 cm³/mol. The van der Waals surface area contributed by atoms with E-state index in [1.54, 1.807) is 0 Å². The molecule has 0 spiro atoms. The fourth-order valence-electron chi connectivity index (χ4n) is 3.27. The van der Waals surface area contributed by atoms with E-state index in [0.29, 0.717) is 6.04 Å². The van der Waals surface area contributed by atoms with Gasteiger partial charge in [0.25, 0.3) is 0 Å². The third-order valence-electron chi connectivity index (χ3n) is 4.43. The summed E-state index contributed by atoms with van der Waals surface area (Å²) < 4.78 is 0. The molecule has 1 atom stereocenters. The lowest BCUT2D eigenvalue weighted by molar-refractivity contribution is 0.280. The van der Waals surface area contributed by atoms with Crippen molar-refractivity contribution < 1.29 is 0 Å². The SMILES string of the molecule is CCCC1C=CC=C2N(Cc3ccc(C(=N)N)cc3)CCN21. The average molecular weight is 296 g/mol. The van der Waals surface area contributed by atoms with Gasteiger partial charge in [0.1, 0.15) is 11.7 Å². The molecule has 2 aliphatic rings. The van der Waals surface area contributed by atoms with Crippen molar-refractivity contribution in [3.05, 3.63) is 59.4 Å². The number of fused-ring (bicyclic) bond motifs is 1. The van der Waals surface area contributed by atoms with Crippen LogP contribution in [-0.4, -0.2) is 34.8 Å². The van der Waals surface area contributed by atoms with E-state index in [1.807, 2.05) is 12.1 Å². The third kappa shape index (κ3) is 2.86. The highest BCUT2D eigenvalue weighted by atomic mass is 15.4. The van der Waals surface area contributed by atoms with Crippen molar-refractivity contribution in [3.63, 3.8) is 0 Å². The van der Waals surface area contributed by atoms with Gasteiger partial charge in [0, 0.05) is 31.2 Å². The summed E-state index contributed by atoms with van der Waals surface area (Å²) in [6.07, 6.45) is 9.17. The maximum atomic E-state index is 7.46. The lowest BCUT2D eigenvalue weighted by Gasteiger charge is -2.32. The first kappa shape index (κ1) is 14.7. The number of benzene rings is 1. The van der Waals surface area contributed by atoms with Gasteiger partial charge < -0.3 is 15.5 Å². The molecule has 4 heteroatoms. The van der Waals surface area contributed by atoms with Crippen molar-refractivity contribution in [1.29, 1.82) is 5.41 Å². The molecule has 0 aromatic heterocycles. The van der Waals surface area contributed by atoms with E-state index in [4.69, 9.17) is 11.1 Å². The molecule has 0 radical (unpaired) electrons. The van der Waals surface area contributed by atoms with Crippen LogP contribution in [0.25, 0.3) is 0 Å². The Balaban J connectivity index is 1.70. The average Bonchev–Trinajstić information content (AvgIpc) is 2.92. The van der Waals surface area contributed by atoms with Crippen LogP contribution in [0.2, 0.25) is 0 Å². The first-order valence-corrected chi connectivity index (χ1v) is 8.02. The van der Waals surface area contributed by atoms with E-state index in [2.05, 4.69) is 47.1 Å². The second-order valence-corrected chi connectivity index (χ2v) is 5.99. The minimum atomic E-state index is 0.126. The molecule has 3 rings (SSSR count). The minimum Gasteiger partial charge on any atom is -0.384 e. The molecule has 1 unspecified atom stereocenters. The monoisotopic (exact) mass is 296 g/mol. The van der Waals surface area contributed by atoms with E-state index in [1.165, 1.54) is 24.2 Å². The molecule has 0 amide bonds. The molecule has 3 N–H and O–H groups in total. The van der Waals surface area contributed by atoms with Crippen molar-refractivity contribution in [2.24, 2.45) is 5.73 Å². The van der Waals surface area contributed by atoms with Gasteiger partial charge in [0.2, 0.25) is 0 Å². The number of nitrogens with zero attached hydrogens (tertiary/aromatic N) is 2. The molecule has 2 heterocycles. The molecule has 0 saturated carbocycles. The molecule has 22 heavy (non-hydrogen) atoms. The Labute approximate surface area is 132 Å². The highest BCUT2D eigenvalue weighted by Crippen LogP contribution is 2.28. The molecule has 1 aromatic carbocycles. The molecular formula is C18H24N4. The summed E-state index contributed by atoms with van der Waals surface area (Å²) in [5.41, 5.74) is 7.55. The van der Waals surface area contributed by atoms with Crippen LogP contribution in [0, 0.1) is 5.41 Å². The Bertz CT molecular complexity index is 600. The molecule has 116 valence electrons. The van der Waals surface area contributed by atoms with Crippen LogP contribution in [-0.2, 0) is 6.54 Å². The maximum Gasteiger partial charge on any atom is 0.122 e. The summed E-state index contributed by atoms with van der Waals surface area (Å²) in [5, 5.41) is 7.46. The van der Waals surface area contributed by atoms with Gasteiger partial charge in [-0.25, -0.2) is 0 Å². The van der Waals surface area contributed by atoms with Gasteiger partial charge in [-0.3, -0.25) is 5.41 Å². The topological polar surface area (TPSA) is 56.4 Å². The summed E-state index contributed by atoms with van der Waals surface area (Å²) in [7, 11) is 0. The van der Waals surface area contributed by atoms with Gasteiger partial charge in [0.15, 0.2) is 0 Å². The summed E-state index contributed by atoms with van der Waals surface area (Å²) in [5.74, 6) is 1.47. The fourth-order valence-corrected chi connectivity index (χ4v) is 3.27. The van der Waals surface area contributed by atoms with Crippen LogP contribution in [0.5, 0.6) is 0 Å². The van der Waals surface area contributed by atoms with Crippen LogP contribution in [0.3, 0.4) is 0 Å². The zero-order valence-corrected chi connectivity index (χ0v) is 13.1. The van der Waals surface area contributed by atoms with Gasteiger partial charge in [-0.15, -0.1) is 0 Å². The number of nitrogens with one attached hydrogen (secondary N) is 1. The lowest BCUT2D eigenvalue weighted by Crippen LogP contribution is -2.33. The van der Waals surface area contributed by atoms with E-state index >= 15 is 0 Å². The molecule has 1 saturated heterocycles. The van der Waals surface area contributed by atoms with Gasteiger partial charge in [-0.1, -0.05) is 49.8 Å². The number of nitrogens with two attached hydrogens (primary N) is 1. The summed E-state index contributed by atoms with van der Waals surface area (Å²) >= 11 is 0. The number of amidine groups is 1. The zero-order chi connectivity index (χ0) is 15.5. The number of allylic oxidation sites excluding steroid dienone is 2. The van der Waals surface area contributed by atoms with Gasteiger partial charge in [0.05, 0.1) is 0 Å². The van der Waals surface area contributed by atoms with E-state index in [9.17, 15) is 0 Å². The first-order valence-electron chi connectivity index (χ1n) is 8.02. The number of rotatable bonds is 5. The second kappa shape index (κ2) is 6.26. The number of hydrogen-bond acceptors (Lipinski definition) is 3. The predicted octanol–water partition coefficient (Wildman–Crippen LogP) is 2.67. The Morgan fingerprint density at radius 3 is 2.73 bits per heavy atom. The standard InChI is InChI=1S/C18H24N4/c1-2-4-16-5-3-6-17-21(11-12-22(16)17)13-14-7-9-15(10-8-14)18(19)20/h3,5-10,16H,2,4,11-13H2,1H3,(H3,19,20). The molecule has 0 aliphatic carbocycles. The number of nitrogen functional groups attached to an aromatic ring is 1. The molecular weight excluding hydrogens is 272 g/mol. The highest BCUT2D eigenvalue weighted by molar-refractivity contribution is 5.94. The Morgan fingerprint density at radius 1 is 1.27 bits per heavy atom. The minimum absolute atomic E-state index is 0.126. The molecule has 1 fully saturated rings. The molecule has 0 bridgehead atoms. The quantitative estimate of drug-likeness (QED) is 0.649. The van der Waals surface area contributed by atoms with Gasteiger partial charge in [-0.05, 0) is 18.1 Å². The maximum absolute atomic E-state index is 7.46. The summed E-state index contributed by atoms with van der Waals surface area (Å²) in [6.45, 7) is 5.33. The van der Waals surface area contributed by atoms with Crippen LogP contribution < -0.4 is 5.73 Å². The van der Waals surface area contributed by atoms with Crippen molar-refractivity contribution in [2.75, 3.05) is 13.1 Å². The van der Waals surface area contributed by atoms with Gasteiger partial charge >= 0.3 is 0 Å². The van der Waals surface area contributed by atoms with E-state index < -0.39 is 0 Å². The molecule has 1 aromatic rings. The van der Waals surface area contributed by atoms with Crippen molar-refractivity contribution >= 4 is 5.84 Å². The first-order chi connectivity index (χ1) is 10.7. The summed E-state index contributed by atoms with van der Waals surface area (Å²) in [4.78, 5) is 4.96. The van der Waals surface area contributed by atoms with Crippen LogP contribution in [0.1, 0.15) is 30.9 Å². The fraction of sp³-hybridized carbons (Fsp3) is 0.389. The Hall–Kier alpha value is -2.23. The highest BCUT2D eigenvalue weighted by Gasteiger charge is 2.29. The zero-order valence-electron chi connectivity index (χ0n) is 13.1. The van der Waals surface area contributed by atoms with Crippen molar-refractivity contribution in [1.82, 2.24) is 9.80 Å². The lowest BCUT2D eigenvalue weighted by atomic mass is 10.1. The third-order valence-corrected chi connectivity index (χ3v) is 4.43. The summed E-state index contributed by atoms with van der Waals surface area (Å²) in [6, 6.07) is 8.56. The number of hydrogen-bond donors (Lipinski definition) is 2. The van der Waals surface area contributed by atoms with Crippen molar-refractivity contribution in [3.8, 4) is 0 Å².